The Kier molecular flexibility index (Phi) is 4.74. The first-order chi connectivity index (χ1) is 7.97. The molecule has 0 heterocycles. The number of ether oxygens (including phenoxy) is 1. The SMILES string of the molecule is COCCC(C)Nc1c(F)c(F)cc(F)c1F. The molecule has 0 aliphatic heterocycles. The summed E-state index contributed by atoms with van der Waals surface area (Å²) in [5, 5.41) is 2.38. The molecular weight excluding hydrogens is 238 g/mol. The Labute approximate surface area is 96.6 Å². The van der Waals surface area contributed by atoms with Gasteiger partial charge in [-0.1, -0.05) is 0 Å². The van der Waals surface area contributed by atoms with E-state index in [2.05, 4.69) is 5.32 Å². The molecule has 0 aliphatic carbocycles. The van der Waals surface area contributed by atoms with Gasteiger partial charge in [-0.05, 0) is 13.3 Å². The van der Waals surface area contributed by atoms with Crippen LogP contribution >= 0.6 is 0 Å². The summed E-state index contributed by atoms with van der Waals surface area (Å²) in [7, 11) is 1.48. The van der Waals surface area contributed by atoms with Crippen molar-refractivity contribution in [2.24, 2.45) is 0 Å². The molecule has 0 spiro atoms. The summed E-state index contributed by atoms with van der Waals surface area (Å²) in [6.07, 6.45) is 0.452. The van der Waals surface area contributed by atoms with Crippen molar-refractivity contribution in [3.05, 3.63) is 29.3 Å². The second-order valence-corrected chi connectivity index (χ2v) is 3.67. The molecule has 1 rings (SSSR count). The zero-order valence-corrected chi connectivity index (χ0v) is 9.49. The Morgan fingerprint density at radius 2 is 1.71 bits per heavy atom. The van der Waals surface area contributed by atoms with Crippen LogP contribution in [0.25, 0.3) is 0 Å². The molecule has 17 heavy (non-hydrogen) atoms. The summed E-state index contributed by atoms with van der Waals surface area (Å²) < 4.78 is 57.0. The van der Waals surface area contributed by atoms with E-state index in [-0.39, 0.29) is 12.1 Å². The molecule has 1 N–H and O–H groups in total. The number of benzene rings is 1. The van der Waals surface area contributed by atoms with Gasteiger partial charge in [-0.2, -0.15) is 0 Å². The fraction of sp³-hybridized carbons (Fsp3) is 0.455. The number of halogens is 4. The van der Waals surface area contributed by atoms with E-state index in [1.165, 1.54) is 7.11 Å². The summed E-state index contributed by atoms with van der Waals surface area (Å²) in [5.41, 5.74) is -0.786. The summed E-state index contributed by atoms with van der Waals surface area (Å²) in [4.78, 5) is 0. The first kappa shape index (κ1) is 13.8. The van der Waals surface area contributed by atoms with Crippen LogP contribution < -0.4 is 5.32 Å². The maximum Gasteiger partial charge on any atom is 0.185 e. The Bertz CT molecular complexity index is 371. The smallest absolute Gasteiger partial charge is 0.185 e. The van der Waals surface area contributed by atoms with Crippen molar-refractivity contribution < 1.29 is 22.3 Å². The molecule has 0 saturated carbocycles. The first-order valence-electron chi connectivity index (χ1n) is 5.05. The van der Waals surface area contributed by atoms with Gasteiger partial charge in [0.1, 0.15) is 5.69 Å². The minimum absolute atomic E-state index is 0.176. The standard InChI is InChI=1S/C11H13F4NO/c1-6(3-4-17-2)16-11-9(14)7(12)5-8(13)10(11)15/h5-6,16H,3-4H2,1-2H3. The van der Waals surface area contributed by atoms with Crippen molar-refractivity contribution in [1.82, 2.24) is 0 Å². The third kappa shape index (κ3) is 3.33. The van der Waals surface area contributed by atoms with E-state index < -0.39 is 29.0 Å². The highest BCUT2D eigenvalue weighted by Gasteiger charge is 2.20. The van der Waals surface area contributed by atoms with Crippen molar-refractivity contribution >= 4 is 5.69 Å². The van der Waals surface area contributed by atoms with Crippen LogP contribution in [-0.2, 0) is 4.74 Å². The monoisotopic (exact) mass is 251 g/mol. The van der Waals surface area contributed by atoms with E-state index in [1.54, 1.807) is 6.92 Å². The number of anilines is 1. The average Bonchev–Trinajstić information content (AvgIpc) is 2.29. The van der Waals surface area contributed by atoms with E-state index in [4.69, 9.17) is 4.74 Å². The molecule has 1 aromatic carbocycles. The second kappa shape index (κ2) is 5.86. The lowest BCUT2D eigenvalue weighted by atomic mass is 10.2. The van der Waals surface area contributed by atoms with Crippen molar-refractivity contribution in [3.63, 3.8) is 0 Å². The third-order valence-corrected chi connectivity index (χ3v) is 2.26. The van der Waals surface area contributed by atoms with Crippen LogP contribution in [0.2, 0.25) is 0 Å². The zero-order valence-electron chi connectivity index (χ0n) is 9.49. The van der Waals surface area contributed by atoms with E-state index in [1.807, 2.05) is 0 Å². The van der Waals surface area contributed by atoms with Crippen LogP contribution in [0.15, 0.2) is 6.07 Å². The van der Waals surface area contributed by atoms with Gasteiger partial charge in [-0.25, -0.2) is 17.6 Å². The highest BCUT2D eigenvalue weighted by Crippen LogP contribution is 2.25. The number of hydrogen-bond acceptors (Lipinski definition) is 2. The van der Waals surface area contributed by atoms with Gasteiger partial charge in [0.25, 0.3) is 0 Å². The van der Waals surface area contributed by atoms with Crippen molar-refractivity contribution in [1.29, 1.82) is 0 Å². The minimum Gasteiger partial charge on any atom is -0.385 e. The fourth-order valence-electron chi connectivity index (χ4n) is 1.31. The zero-order chi connectivity index (χ0) is 13.0. The van der Waals surface area contributed by atoms with Crippen molar-refractivity contribution in [2.45, 2.75) is 19.4 Å². The predicted molar refractivity (Wildman–Crippen MR) is 55.9 cm³/mol. The van der Waals surface area contributed by atoms with Gasteiger partial charge in [0.15, 0.2) is 23.3 Å². The fourth-order valence-corrected chi connectivity index (χ4v) is 1.31. The largest absolute Gasteiger partial charge is 0.385 e. The van der Waals surface area contributed by atoms with Crippen LogP contribution in [0.5, 0.6) is 0 Å². The number of rotatable bonds is 5. The van der Waals surface area contributed by atoms with E-state index in [0.717, 1.165) is 0 Å². The number of hydrogen-bond donors (Lipinski definition) is 1. The minimum atomic E-state index is -1.43. The summed E-state index contributed by atoms with van der Waals surface area (Å²) in [6.45, 7) is 2.00. The average molecular weight is 251 g/mol. The second-order valence-electron chi connectivity index (χ2n) is 3.67. The number of methoxy groups -OCH3 is 1. The van der Waals surface area contributed by atoms with Gasteiger partial charge in [-0.15, -0.1) is 0 Å². The molecule has 1 aromatic rings. The first-order valence-corrected chi connectivity index (χ1v) is 5.05. The molecule has 2 nitrogen and oxygen atoms in total. The molecule has 0 fully saturated rings. The lowest BCUT2D eigenvalue weighted by Crippen LogP contribution is -2.20. The maximum atomic E-state index is 13.2. The predicted octanol–water partition coefficient (Wildman–Crippen LogP) is 3.08. The quantitative estimate of drug-likeness (QED) is 0.641. The maximum absolute atomic E-state index is 13.2. The molecule has 0 aliphatic rings. The Morgan fingerprint density at radius 1 is 1.18 bits per heavy atom. The highest BCUT2D eigenvalue weighted by atomic mass is 19.2. The lowest BCUT2D eigenvalue weighted by Gasteiger charge is -2.16. The molecule has 96 valence electrons. The van der Waals surface area contributed by atoms with Gasteiger partial charge < -0.3 is 10.1 Å². The summed E-state index contributed by atoms with van der Waals surface area (Å²) in [6, 6.07) is -0.199. The van der Waals surface area contributed by atoms with Crippen LogP contribution in [-0.4, -0.2) is 19.8 Å². The molecule has 6 heteroatoms. The number of nitrogens with one attached hydrogen (secondary N) is 1. The van der Waals surface area contributed by atoms with Crippen LogP contribution in [0, 0.1) is 23.3 Å². The Balaban J connectivity index is 2.90. The Morgan fingerprint density at radius 3 is 2.18 bits per heavy atom. The van der Waals surface area contributed by atoms with Crippen LogP contribution in [0.3, 0.4) is 0 Å². The summed E-state index contributed by atoms with van der Waals surface area (Å²) in [5.74, 6) is -5.70. The lowest BCUT2D eigenvalue weighted by molar-refractivity contribution is 0.191. The van der Waals surface area contributed by atoms with Crippen molar-refractivity contribution in [3.8, 4) is 0 Å². The molecule has 0 bridgehead atoms. The molecular formula is C11H13F4NO. The molecule has 0 aromatic heterocycles. The topological polar surface area (TPSA) is 21.3 Å². The molecule has 1 unspecified atom stereocenters. The van der Waals surface area contributed by atoms with E-state index in [9.17, 15) is 17.6 Å². The van der Waals surface area contributed by atoms with E-state index >= 15 is 0 Å². The van der Waals surface area contributed by atoms with Crippen LogP contribution in [0.1, 0.15) is 13.3 Å². The van der Waals surface area contributed by atoms with Gasteiger partial charge in [-0.3, -0.25) is 0 Å². The molecule has 0 amide bonds. The van der Waals surface area contributed by atoms with Crippen molar-refractivity contribution in [2.75, 3.05) is 19.0 Å². The highest BCUT2D eigenvalue weighted by molar-refractivity contribution is 5.47. The summed E-state index contributed by atoms with van der Waals surface area (Å²) >= 11 is 0. The van der Waals surface area contributed by atoms with E-state index in [0.29, 0.717) is 13.0 Å². The van der Waals surface area contributed by atoms with Gasteiger partial charge in [0.2, 0.25) is 0 Å². The third-order valence-electron chi connectivity index (χ3n) is 2.26. The van der Waals surface area contributed by atoms with Gasteiger partial charge >= 0.3 is 0 Å². The van der Waals surface area contributed by atoms with Crippen LogP contribution in [0.4, 0.5) is 23.2 Å². The van der Waals surface area contributed by atoms with Gasteiger partial charge in [0, 0.05) is 25.8 Å². The molecule has 1 atom stereocenters. The molecule has 0 saturated heterocycles. The normalized spacial score (nSPS) is 12.6. The molecule has 0 radical (unpaired) electrons. The van der Waals surface area contributed by atoms with Gasteiger partial charge in [0.05, 0.1) is 0 Å². The Hall–Kier alpha value is -1.30.